The minimum absolute atomic E-state index is 0.0469. The van der Waals surface area contributed by atoms with Crippen molar-refractivity contribution in [3.63, 3.8) is 0 Å². The van der Waals surface area contributed by atoms with Gasteiger partial charge in [0.2, 0.25) is 0 Å². The van der Waals surface area contributed by atoms with E-state index in [2.05, 4.69) is 22.2 Å². The molecule has 1 aliphatic heterocycles. The standard InChI is InChI=1S/C19H24N4O3/c1-13-5-4-8-23(11-13)19(24)15-10-18(21-12-20-15)22-14-6-7-16(25-2)17(9-14)26-3/h6-7,9-10,12-13H,4-5,8,11H2,1-3H3,(H,20,21,22). The van der Waals surface area contributed by atoms with Crippen LogP contribution in [0.25, 0.3) is 0 Å². The number of piperidine rings is 1. The highest BCUT2D eigenvalue weighted by Gasteiger charge is 2.23. The normalized spacial score (nSPS) is 16.9. The number of benzene rings is 1. The largest absolute Gasteiger partial charge is 0.493 e. The molecule has 0 bridgehead atoms. The number of hydrogen-bond acceptors (Lipinski definition) is 6. The Kier molecular flexibility index (Phi) is 5.55. The summed E-state index contributed by atoms with van der Waals surface area (Å²) in [5.41, 5.74) is 1.18. The molecule has 0 saturated carbocycles. The number of carbonyl (C=O) groups is 1. The quantitative estimate of drug-likeness (QED) is 0.887. The monoisotopic (exact) mass is 356 g/mol. The van der Waals surface area contributed by atoms with Crippen molar-refractivity contribution >= 4 is 17.4 Å². The van der Waals surface area contributed by atoms with Gasteiger partial charge >= 0.3 is 0 Å². The lowest BCUT2D eigenvalue weighted by Gasteiger charge is -2.30. The number of anilines is 2. The highest BCUT2D eigenvalue weighted by atomic mass is 16.5. The molecule has 0 radical (unpaired) electrons. The van der Waals surface area contributed by atoms with Gasteiger partial charge in [-0.25, -0.2) is 9.97 Å². The second-order valence-electron chi connectivity index (χ2n) is 6.48. The van der Waals surface area contributed by atoms with Crippen molar-refractivity contribution in [1.29, 1.82) is 0 Å². The molecule has 2 heterocycles. The maximum atomic E-state index is 12.7. The molecule has 7 heteroatoms. The molecular formula is C19H24N4O3. The van der Waals surface area contributed by atoms with E-state index in [1.54, 1.807) is 20.3 Å². The van der Waals surface area contributed by atoms with Crippen molar-refractivity contribution in [2.45, 2.75) is 19.8 Å². The molecule has 1 amide bonds. The van der Waals surface area contributed by atoms with Crippen LogP contribution in [0, 0.1) is 5.92 Å². The number of rotatable bonds is 5. The zero-order chi connectivity index (χ0) is 18.5. The molecule has 2 aromatic rings. The molecule has 1 aromatic carbocycles. The fraction of sp³-hybridized carbons (Fsp3) is 0.421. The second kappa shape index (κ2) is 8.03. The summed E-state index contributed by atoms with van der Waals surface area (Å²) in [5, 5.41) is 3.18. The van der Waals surface area contributed by atoms with Crippen molar-refractivity contribution < 1.29 is 14.3 Å². The van der Waals surface area contributed by atoms with Gasteiger partial charge in [-0.3, -0.25) is 4.79 Å². The Balaban J connectivity index is 1.76. The molecule has 3 rings (SSSR count). The molecule has 0 spiro atoms. The molecule has 0 aliphatic carbocycles. The number of likely N-dealkylation sites (tertiary alicyclic amines) is 1. The first-order valence-corrected chi connectivity index (χ1v) is 8.71. The summed E-state index contributed by atoms with van der Waals surface area (Å²) in [4.78, 5) is 22.9. The molecule has 138 valence electrons. The summed E-state index contributed by atoms with van der Waals surface area (Å²) in [5.74, 6) is 2.30. The lowest BCUT2D eigenvalue weighted by Crippen LogP contribution is -2.39. The number of carbonyl (C=O) groups excluding carboxylic acids is 1. The maximum absolute atomic E-state index is 12.7. The predicted molar refractivity (Wildman–Crippen MR) is 99.2 cm³/mol. The fourth-order valence-electron chi connectivity index (χ4n) is 3.14. The Morgan fingerprint density at radius 3 is 2.73 bits per heavy atom. The zero-order valence-corrected chi connectivity index (χ0v) is 15.4. The molecule has 1 atom stereocenters. The van der Waals surface area contributed by atoms with Crippen molar-refractivity contribution in [1.82, 2.24) is 14.9 Å². The van der Waals surface area contributed by atoms with Crippen LogP contribution in [-0.4, -0.2) is 48.1 Å². The van der Waals surface area contributed by atoms with Crippen molar-refractivity contribution in [3.05, 3.63) is 36.3 Å². The summed E-state index contributed by atoms with van der Waals surface area (Å²) >= 11 is 0. The van der Waals surface area contributed by atoms with Crippen LogP contribution in [0.15, 0.2) is 30.6 Å². The Morgan fingerprint density at radius 2 is 2.00 bits per heavy atom. The highest BCUT2D eigenvalue weighted by Crippen LogP contribution is 2.30. The van der Waals surface area contributed by atoms with Gasteiger partial charge in [0.1, 0.15) is 17.8 Å². The molecule has 1 aromatic heterocycles. The van der Waals surface area contributed by atoms with Crippen LogP contribution in [0.2, 0.25) is 0 Å². The third kappa shape index (κ3) is 4.04. The lowest BCUT2D eigenvalue weighted by atomic mass is 10.00. The van der Waals surface area contributed by atoms with E-state index < -0.39 is 0 Å². The summed E-state index contributed by atoms with van der Waals surface area (Å²) in [7, 11) is 3.18. The number of amides is 1. The van der Waals surface area contributed by atoms with E-state index in [0.29, 0.717) is 28.9 Å². The lowest BCUT2D eigenvalue weighted by molar-refractivity contribution is 0.0677. The molecule has 1 fully saturated rings. The first-order valence-electron chi connectivity index (χ1n) is 8.71. The van der Waals surface area contributed by atoms with Gasteiger partial charge in [0.25, 0.3) is 5.91 Å². The Bertz CT molecular complexity index is 781. The minimum atomic E-state index is -0.0469. The summed E-state index contributed by atoms with van der Waals surface area (Å²) in [6, 6.07) is 7.16. The molecular weight excluding hydrogens is 332 g/mol. The number of hydrogen-bond donors (Lipinski definition) is 1. The van der Waals surface area contributed by atoms with Crippen LogP contribution in [-0.2, 0) is 0 Å². The first kappa shape index (κ1) is 18.0. The van der Waals surface area contributed by atoms with E-state index in [0.717, 1.165) is 25.2 Å². The molecule has 1 N–H and O–H groups in total. The van der Waals surface area contributed by atoms with Crippen molar-refractivity contribution in [2.75, 3.05) is 32.6 Å². The minimum Gasteiger partial charge on any atom is -0.493 e. The van der Waals surface area contributed by atoms with Gasteiger partial charge < -0.3 is 19.7 Å². The van der Waals surface area contributed by atoms with Crippen LogP contribution in [0.4, 0.5) is 11.5 Å². The highest BCUT2D eigenvalue weighted by molar-refractivity contribution is 5.93. The molecule has 7 nitrogen and oxygen atoms in total. The third-order valence-electron chi connectivity index (χ3n) is 4.49. The maximum Gasteiger partial charge on any atom is 0.272 e. The molecule has 1 unspecified atom stereocenters. The Labute approximate surface area is 153 Å². The van der Waals surface area contributed by atoms with Gasteiger partial charge in [0.15, 0.2) is 11.5 Å². The van der Waals surface area contributed by atoms with Gasteiger partial charge in [-0.15, -0.1) is 0 Å². The van der Waals surface area contributed by atoms with Crippen LogP contribution >= 0.6 is 0 Å². The van der Waals surface area contributed by atoms with Gasteiger partial charge in [-0.05, 0) is 30.9 Å². The summed E-state index contributed by atoms with van der Waals surface area (Å²) in [6.07, 6.45) is 3.61. The van der Waals surface area contributed by atoms with E-state index in [1.807, 2.05) is 23.1 Å². The third-order valence-corrected chi connectivity index (χ3v) is 4.49. The van der Waals surface area contributed by atoms with Gasteiger partial charge in [-0.1, -0.05) is 6.92 Å². The molecule has 1 saturated heterocycles. The zero-order valence-electron chi connectivity index (χ0n) is 15.4. The van der Waals surface area contributed by atoms with E-state index >= 15 is 0 Å². The topological polar surface area (TPSA) is 76.6 Å². The Morgan fingerprint density at radius 1 is 1.19 bits per heavy atom. The molecule has 26 heavy (non-hydrogen) atoms. The van der Waals surface area contributed by atoms with Gasteiger partial charge in [0.05, 0.1) is 14.2 Å². The van der Waals surface area contributed by atoms with Crippen LogP contribution in [0.3, 0.4) is 0 Å². The van der Waals surface area contributed by atoms with Crippen LogP contribution in [0.1, 0.15) is 30.3 Å². The summed E-state index contributed by atoms with van der Waals surface area (Å²) < 4.78 is 10.5. The predicted octanol–water partition coefficient (Wildman–Crippen LogP) is 3.11. The second-order valence-corrected chi connectivity index (χ2v) is 6.48. The van der Waals surface area contributed by atoms with Crippen LogP contribution < -0.4 is 14.8 Å². The number of methoxy groups -OCH3 is 2. The fourth-order valence-corrected chi connectivity index (χ4v) is 3.14. The molecule has 1 aliphatic rings. The first-order chi connectivity index (χ1) is 12.6. The average Bonchev–Trinajstić information content (AvgIpc) is 2.67. The Hall–Kier alpha value is -2.83. The number of nitrogens with one attached hydrogen (secondary N) is 1. The van der Waals surface area contributed by atoms with E-state index in [1.165, 1.54) is 12.7 Å². The SMILES string of the molecule is COc1ccc(Nc2cc(C(=O)N3CCCC(C)C3)ncn2)cc1OC. The number of ether oxygens (including phenoxy) is 2. The average molecular weight is 356 g/mol. The van der Waals surface area contributed by atoms with Crippen molar-refractivity contribution in [3.8, 4) is 11.5 Å². The van der Waals surface area contributed by atoms with E-state index in [-0.39, 0.29) is 5.91 Å². The number of nitrogens with zero attached hydrogens (tertiary/aromatic N) is 3. The van der Waals surface area contributed by atoms with Crippen LogP contribution in [0.5, 0.6) is 11.5 Å². The van der Waals surface area contributed by atoms with Gasteiger partial charge in [0, 0.05) is 30.9 Å². The van der Waals surface area contributed by atoms with E-state index in [9.17, 15) is 4.79 Å². The number of aromatic nitrogens is 2. The van der Waals surface area contributed by atoms with Crippen molar-refractivity contribution in [2.24, 2.45) is 5.92 Å². The summed E-state index contributed by atoms with van der Waals surface area (Å²) in [6.45, 7) is 3.73. The van der Waals surface area contributed by atoms with E-state index in [4.69, 9.17) is 9.47 Å². The van der Waals surface area contributed by atoms with Gasteiger partial charge in [-0.2, -0.15) is 0 Å². The smallest absolute Gasteiger partial charge is 0.272 e.